The van der Waals surface area contributed by atoms with Crippen molar-refractivity contribution in [3.8, 4) is 6.07 Å². The molecule has 3 N–H and O–H groups in total. The average molecular weight is 217 g/mol. The lowest BCUT2D eigenvalue weighted by molar-refractivity contribution is -0.125. The van der Waals surface area contributed by atoms with Crippen LogP contribution in [0.3, 0.4) is 0 Å². The van der Waals surface area contributed by atoms with E-state index in [2.05, 4.69) is 5.32 Å². The van der Waals surface area contributed by atoms with Gasteiger partial charge in [-0.25, -0.2) is 8.78 Å². The minimum Gasteiger partial charge on any atom is -0.336 e. The summed E-state index contributed by atoms with van der Waals surface area (Å²) in [5.74, 6) is -3.66. The van der Waals surface area contributed by atoms with Gasteiger partial charge < -0.3 is 11.1 Å². The van der Waals surface area contributed by atoms with Crippen molar-refractivity contribution in [3.63, 3.8) is 0 Å². The molecule has 1 aliphatic carbocycles. The summed E-state index contributed by atoms with van der Waals surface area (Å²) < 4.78 is 25.1. The van der Waals surface area contributed by atoms with E-state index in [0.29, 0.717) is 19.8 Å². The van der Waals surface area contributed by atoms with Gasteiger partial charge >= 0.3 is 0 Å². The topological polar surface area (TPSA) is 78.9 Å². The van der Waals surface area contributed by atoms with Crippen LogP contribution in [0.15, 0.2) is 0 Å². The summed E-state index contributed by atoms with van der Waals surface area (Å²) >= 11 is 0. The van der Waals surface area contributed by atoms with Crippen LogP contribution in [0.4, 0.5) is 8.78 Å². The highest BCUT2D eigenvalue weighted by atomic mass is 19.3. The largest absolute Gasteiger partial charge is 0.336 e. The van der Waals surface area contributed by atoms with Gasteiger partial charge in [0, 0.05) is 6.42 Å². The predicted octanol–water partition coefficient (Wildman–Crippen LogP) is 0.531. The molecule has 15 heavy (non-hydrogen) atoms. The van der Waals surface area contributed by atoms with Gasteiger partial charge in [0.05, 0.1) is 12.1 Å². The van der Waals surface area contributed by atoms with Crippen molar-refractivity contribution in [3.05, 3.63) is 0 Å². The zero-order chi connectivity index (χ0) is 11.7. The highest BCUT2D eigenvalue weighted by Crippen LogP contribution is 2.34. The minimum atomic E-state index is -2.97. The molecule has 1 fully saturated rings. The smallest absolute Gasteiger partial charge is 0.247 e. The second kappa shape index (κ2) is 3.74. The highest BCUT2D eigenvalue weighted by Gasteiger charge is 2.45. The maximum Gasteiger partial charge on any atom is 0.247 e. The van der Waals surface area contributed by atoms with Crippen molar-refractivity contribution < 1.29 is 13.6 Å². The number of hydrogen-bond acceptors (Lipinski definition) is 3. The number of nitrogens with zero attached hydrogens (tertiary/aromatic N) is 1. The van der Waals surface area contributed by atoms with Crippen molar-refractivity contribution in [1.29, 1.82) is 5.26 Å². The van der Waals surface area contributed by atoms with E-state index in [0.717, 1.165) is 0 Å². The van der Waals surface area contributed by atoms with E-state index < -0.39 is 29.8 Å². The van der Waals surface area contributed by atoms with Crippen LogP contribution in [-0.4, -0.2) is 23.4 Å². The Hall–Kier alpha value is -1.22. The molecule has 4 nitrogen and oxygen atoms in total. The maximum absolute atomic E-state index is 12.5. The fourth-order valence-corrected chi connectivity index (χ4v) is 1.20. The molecular weight excluding hydrogens is 204 g/mol. The quantitative estimate of drug-likeness (QED) is 0.721. The Kier molecular flexibility index (Phi) is 2.95. The van der Waals surface area contributed by atoms with E-state index in [4.69, 9.17) is 11.0 Å². The zero-order valence-electron chi connectivity index (χ0n) is 8.39. The fourth-order valence-electron chi connectivity index (χ4n) is 1.20. The van der Waals surface area contributed by atoms with Crippen LogP contribution in [0, 0.1) is 11.3 Å². The van der Waals surface area contributed by atoms with Gasteiger partial charge in [-0.05, 0) is 19.8 Å². The maximum atomic E-state index is 12.5. The Morgan fingerprint density at radius 1 is 1.73 bits per heavy atom. The standard InChI is InChI=1S/C9H13F2N3O/c1-8(10,11)4-6(13)7(15)14-9(5-12)2-3-9/h6H,2-4,13H2,1H3,(H,14,15). The molecule has 0 radical (unpaired) electrons. The molecule has 0 bridgehead atoms. The zero-order valence-corrected chi connectivity index (χ0v) is 8.39. The number of carbonyl (C=O) groups excluding carboxylic acids is 1. The molecule has 1 unspecified atom stereocenters. The Balaban J connectivity index is 2.45. The third kappa shape index (κ3) is 3.44. The summed E-state index contributed by atoms with van der Waals surface area (Å²) in [6.45, 7) is 0.706. The van der Waals surface area contributed by atoms with Crippen molar-refractivity contribution in [2.24, 2.45) is 5.73 Å². The van der Waals surface area contributed by atoms with E-state index in [9.17, 15) is 13.6 Å². The van der Waals surface area contributed by atoms with Crippen LogP contribution in [0.5, 0.6) is 0 Å². The molecular formula is C9H13F2N3O. The number of rotatable bonds is 4. The second-order valence-electron chi connectivity index (χ2n) is 4.06. The van der Waals surface area contributed by atoms with Crippen LogP contribution in [0.1, 0.15) is 26.2 Å². The molecule has 1 saturated carbocycles. The van der Waals surface area contributed by atoms with Gasteiger partial charge in [-0.2, -0.15) is 5.26 Å². The number of nitrogens with one attached hydrogen (secondary N) is 1. The number of nitrogens with two attached hydrogens (primary N) is 1. The van der Waals surface area contributed by atoms with Crippen LogP contribution in [0.2, 0.25) is 0 Å². The molecule has 0 aromatic rings. The first kappa shape index (κ1) is 11.9. The summed E-state index contributed by atoms with van der Waals surface area (Å²) in [5, 5.41) is 11.0. The Morgan fingerprint density at radius 2 is 2.27 bits per heavy atom. The number of amides is 1. The summed E-state index contributed by atoms with van der Waals surface area (Å²) in [7, 11) is 0. The minimum absolute atomic E-state index is 0.560. The first-order chi connectivity index (χ1) is 6.78. The normalized spacial score (nSPS) is 20.2. The van der Waals surface area contributed by atoms with Crippen molar-refractivity contribution >= 4 is 5.91 Å². The molecule has 0 saturated heterocycles. The molecule has 0 heterocycles. The van der Waals surface area contributed by atoms with Gasteiger partial charge in [0.25, 0.3) is 0 Å². The first-order valence-corrected chi connectivity index (χ1v) is 4.65. The molecule has 0 spiro atoms. The van der Waals surface area contributed by atoms with E-state index in [1.54, 1.807) is 0 Å². The lowest BCUT2D eigenvalue weighted by Gasteiger charge is -2.18. The fraction of sp³-hybridized carbons (Fsp3) is 0.778. The lowest BCUT2D eigenvalue weighted by atomic mass is 10.1. The molecule has 0 aromatic carbocycles. The SMILES string of the molecule is CC(F)(F)CC(N)C(=O)NC1(C#N)CC1. The monoisotopic (exact) mass is 217 g/mol. The molecule has 0 aromatic heterocycles. The summed E-state index contributed by atoms with van der Waals surface area (Å²) in [6, 6.07) is 0.658. The Labute approximate surface area is 86.4 Å². The van der Waals surface area contributed by atoms with Gasteiger partial charge in [0.1, 0.15) is 5.54 Å². The average Bonchev–Trinajstić information content (AvgIpc) is 2.82. The number of nitriles is 1. The molecule has 1 rings (SSSR count). The third-order valence-electron chi connectivity index (χ3n) is 2.24. The second-order valence-corrected chi connectivity index (χ2v) is 4.06. The van der Waals surface area contributed by atoms with Gasteiger partial charge in [0.15, 0.2) is 0 Å². The van der Waals surface area contributed by atoms with E-state index in [1.807, 2.05) is 6.07 Å². The summed E-state index contributed by atoms with van der Waals surface area (Å²) in [4.78, 5) is 11.3. The number of carbonyl (C=O) groups is 1. The van der Waals surface area contributed by atoms with Crippen LogP contribution in [0.25, 0.3) is 0 Å². The number of alkyl halides is 2. The summed E-state index contributed by atoms with van der Waals surface area (Å²) in [6.07, 6.45) is 0.412. The van der Waals surface area contributed by atoms with E-state index >= 15 is 0 Å². The Bertz CT molecular complexity index is 301. The molecule has 0 aliphatic heterocycles. The van der Waals surface area contributed by atoms with Gasteiger partial charge in [-0.3, -0.25) is 4.79 Å². The number of halogens is 2. The van der Waals surface area contributed by atoms with Crippen LogP contribution < -0.4 is 11.1 Å². The third-order valence-corrected chi connectivity index (χ3v) is 2.24. The summed E-state index contributed by atoms with van der Waals surface area (Å²) in [5.41, 5.74) is 4.44. The Morgan fingerprint density at radius 3 is 2.60 bits per heavy atom. The molecule has 84 valence electrons. The van der Waals surface area contributed by atoms with E-state index in [-0.39, 0.29) is 0 Å². The van der Waals surface area contributed by atoms with Crippen LogP contribution in [-0.2, 0) is 4.79 Å². The van der Waals surface area contributed by atoms with Gasteiger partial charge in [0.2, 0.25) is 11.8 Å². The van der Waals surface area contributed by atoms with Gasteiger partial charge in [-0.1, -0.05) is 0 Å². The first-order valence-electron chi connectivity index (χ1n) is 4.65. The van der Waals surface area contributed by atoms with Crippen molar-refractivity contribution in [2.75, 3.05) is 0 Å². The predicted molar refractivity (Wildman–Crippen MR) is 48.9 cm³/mol. The molecule has 1 amide bonds. The lowest BCUT2D eigenvalue weighted by Crippen LogP contribution is -2.48. The van der Waals surface area contributed by atoms with Crippen LogP contribution >= 0.6 is 0 Å². The van der Waals surface area contributed by atoms with E-state index in [1.165, 1.54) is 0 Å². The molecule has 6 heteroatoms. The van der Waals surface area contributed by atoms with Crippen molar-refractivity contribution in [1.82, 2.24) is 5.32 Å². The number of hydrogen-bond donors (Lipinski definition) is 2. The molecule has 1 atom stereocenters. The van der Waals surface area contributed by atoms with Crippen molar-refractivity contribution in [2.45, 2.75) is 43.7 Å². The molecule has 1 aliphatic rings. The highest BCUT2D eigenvalue weighted by molar-refractivity contribution is 5.83. The van der Waals surface area contributed by atoms with Gasteiger partial charge in [-0.15, -0.1) is 0 Å².